The van der Waals surface area contributed by atoms with E-state index in [1.54, 1.807) is 12.1 Å². The first-order valence-electron chi connectivity index (χ1n) is 14.4. The number of ether oxygens (including phenoxy) is 3. The van der Waals surface area contributed by atoms with E-state index in [1.807, 2.05) is 107 Å². The fourth-order valence-electron chi connectivity index (χ4n) is 5.23. The van der Waals surface area contributed by atoms with Gasteiger partial charge in [0.1, 0.15) is 41.3 Å². The van der Waals surface area contributed by atoms with Crippen molar-refractivity contribution in [3.63, 3.8) is 0 Å². The van der Waals surface area contributed by atoms with Crippen LogP contribution in [0, 0.1) is 0 Å². The van der Waals surface area contributed by atoms with E-state index in [0.29, 0.717) is 51.0 Å². The van der Waals surface area contributed by atoms with E-state index < -0.39 is 5.60 Å². The Morgan fingerprint density at radius 2 is 1.51 bits per heavy atom. The molecule has 5 aromatic rings. The van der Waals surface area contributed by atoms with E-state index in [2.05, 4.69) is 0 Å². The number of aromatic hydroxyl groups is 1. The molecule has 0 saturated carbocycles. The quantitative estimate of drug-likeness (QED) is 0.148. The molecule has 6 heteroatoms. The van der Waals surface area contributed by atoms with Crippen molar-refractivity contribution in [2.45, 2.75) is 52.9 Å². The molecule has 1 aliphatic heterocycles. The van der Waals surface area contributed by atoms with E-state index in [9.17, 15) is 9.90 Å². The highest BCUT2D eigenvalue weighted by molar-refractivity contribution is 6.01. The lowest BCUT2D eigenvalue weighted by atomic mass is 9.97. The van der Waals surface area contributed by atoms with Crippen LogP contribution in [-0.4, -0.2) is 10.7 Å². The molecule has 0 atom stereocenters. The van der Waals surface area contributed by atoms with Gasteiger partial charge in [0.2, 0.25) is 5.43 Å². The second-order valence-electron chi connectivity index (χ2n) is 11.6. The van der Waals surface area contributed by atoms with E-state index in [1.165, 1.54) is 0 Å². The first-order valence-corrected chi connectivity index (χ1v) is 14.4. The summed E-state index contributed by atoms with van der Waals surface area (Å²) in [7, 11) is 0. The molecule has 218 valence electrons. The Kier molecular flexibility index (Phi) is 7.45. The van der Waals surface area contributed by atoms with E-state index in [0.717, 1.165) is 16.7 Å². The molecule has 6 rings (SSSR count). The molecule has 0 unspecified atom stereocenters. The van der Waals surface area contributed by atoms with Crippen molar-refractivity contribution in [2.24, 2.45) is 0 Å². The SMILES string of the molecule is CC(C)=CCc1c(O)c(OCc2ccccc2)cc2oc3c4c(cc(OCc5ccccc5)c3c(=O)c12)OC(C)(C)C=C4. The van der Waals surface area contributed by atoms with Crippen molar-refractivity contribution in [3.8, 4) is 23.0 Å². The summed E-state index contributed by atoms with van der Waals surface area (Å²) in [6.07, 6.45) is 6.16. The van der Waals surface area contributed by atoms with Crippen LogP contribution in [0.4, 0.5) is 0 Å². The maximum Gasteiger partial charge on any atom is 0.204 e. The molecule has 1 N–H and O–H groups in total. The second-order valence-corrected chi connectivity index (χ2v) is 11.6. The minimum atomic E-state index is -0.545. The van der Waals surface area contributed by atoms with Gasteiger partial charge in [-0.15, -0.1) is 0 Å². The van der Waals surface area contributed by atoms with Crippen molar-refractivity contribution >= 4 is 28.0 Å². The fraction of sp³-hybridized carbons (Fsp3) is 0.216. The summed E-state index contributed by atoms with van der Waals surface area (Å²) in [6.45, 7) is 8.38. The highest BCUT2D eigenvalue weighted by atomic mass is 16.5. The average Bonchev–Trinajstić information content (AvgIpc) is 2.99. The van der Waals surface area contributed by atoms with Gasteiger partial charge in [-0.1, -0.05) is 72.3 Å². The maximum absolute atomic E-state index is 14.5. The molecule has 0 radical (unpaired) electrons. The number of allylic oxidation sites excluding steroid dienone is 2. The van der Waals surface area contributed by atoms with Crippen LogP contribution >= 0.6 is 0 Å². The zero-order valence-corrected chi connectivity index (χ0v) is 24.8. The number of benzene rings is 4. The van der Waals surface area contributed by atoms with Crippen LogP contribution in [0.3, 0.4) is 0 Å². The first-order chi connectivity index (χ1) is 20.7. The molecule has 6 nitrogen and oxygen atoms in total. The standard InChI is InChI=1S/C37H34O6/c1-23(2)15-16-27-32-30(20-31(34(27)38)41-22-25-13-9-6-10-14-25)42-36-26-17-18-37(3,4)43-28(26)19-29(33(36)35(32)39)40-21-24-11-7-5-8-12-24/h5-15,17-20,38H,16,21-22H2,1-4H3. The smallest absolute Gasteiger partial charge is 0.204 e. The Morgan fingerprint density at radius 1 is 0.884 bits per heavy atom. The third-order valence-electron chi connectivity index (χ3n) is 7.45. The van der Waals surface area contributed by atoms with E-state index >= 15 is 0 Å². The molecule has 43 heavy (non-hydrogen) atoms. The molecule has 1 aromatic heterocycles. The molecular formula is C37H34O6. The molecule has 0 spiro atoms. The molecule has 1 aliphatic rings. The summed E-state index contributed by atoms with van der Waals surface area (Å²) in [6, 6.07) is 22.8. The number of fused-ring (bicyclic) bond motifs is 4. The molecule has 2 heterocycles. The average molecular weight is 575 g/mol. The van der Waals surface area contributed by atoms with Crippen LogP contribution in [0.1, 0.15) is 49.9 Å². The zero-order chi connectivity index (χ0) is 30.1. The van der Waals surface area contributed by atoms with Gasteiger partial charge in [0, 0.05) is 17.7 Å². The predicted molar refractivity (Wildman–Crippen MR) is 170 cm³/mol. The molecule has 0 bridgehead atoms. The topological polar surface area (TPSA) is 78.1 Å². The summed E-state index contributed by atoms with van der Waals surface area (Å²) in [5.74, 6) is 1.09. The van der Waals surface area contributed by atoms with Gasteiger partial charge < -0.3 is 23.7 Å². The Labute approximate surface area is 250 Å². The first kappa shape index (κ1) is 28.2. The van der Waals surface area contributed by atoms with Crippen molar-refractivity contribution < 1.29 is 23.7 Å². The number of hydrogen-bond donors (Lipinski definition) is 1. The van der Waals surface area contributed by atoms with Gasteiger partial charge in [-0.25, -0.2) is 0 Å². The van der Waals surface area contributed by atoms with Gasteiger partial charge in [-0.05, 0) is 57.4 Å². The largest absolute Gasteiger partial charge is 0.504 e. The van der Waals surface area contributed by atoms with Crippen LogP contribution in [-0.2, 0) is 19.6 Å². The molecule has 0 saturated heterocycles. The predicted octanol–water partition coefficient (Wildman–Crippen LogP) is 8.50. The van der Waals surface area contributed by atoms with Gasteiger partial charge in [0.05, 0.1) is 10.9 Å². The highest BCUT2D eigenvalue weighted by Gasteiger charge is 2.29. The van der Waals surface area contributed by atoms with Gasteiger partial charge in [-0.2, -0.15) is 0 Å². The molecule has 0 fully saturated rings. The summed E-state index contributed by atoms with van der Waals surface area (Å²) in [5, 5.41) is 12.0. The minimum Gasteiger partial charge on any atom is -0.504 e. The van der Waals surface area contributed by atoms with Crippen LogP contribution in [0.25, 0.3) is 28.0 Å². The number of phenols is 1. The molecule has 4 aromatic carbocycles. The molecule has 0 aliphatic carbocycles. The Balaban J connectivity index is 1.58. The minimum absolute atomic E-state index is 0.0812. The van der Waals surface area contributed by atoms with Crippen LogP contribution in [0.5, 0.6) is 23.0 Å². The second kappa shape index (κ2) is 11.4. The van der Waals surface area contributed by atoms with Crippen molar-refractivity contribution in [1.82, 2.24) is 0 Å². The van der Waals surface area contributed by atoms with E-state index in [-0.39, 0.29) is 30.1 Å². The lowest BCUT2D eigenvalue weighted by molar-refractivity contribution is 0.158. The van der Waals surface area contributed by atoms with Gasteiger partial charge in [-0.3, -0.25) is 4.79 Å². The summed E-state index contributed by atoms with van der Waals surface area (Å²) in [4.78, 5) is 14.5. The van der Waals surface area contributed by atoms with Crippen molar-refractivity contribution in [2.75, 3.05) is 0 Å². The fourth-order valence-corrected chi connectivity index (χ4v) is 5.23. The highest BCUT2D eigenvalue weighted by Crippen LogP contribution is 2.44. The van der Waals surface area contributed by atoms with Crippen LogP contribution in [0.2, 0.25) is 0 Å². The monoisotopic (exact) mass is 574 g/mol. The lowest BCUT2D eigenvalue weighted by Crippen LogP contribution is -2.27. The van der Waals surface area contributed by atoms with Crippen LogP contribution < -0.4 is 19.6 Å². The molecular weight excluding hydrogens is 540 g/mol. The van der Waals surface area contributed by atoms with Crippen LogP contribution in [0.15, 0.2) is 99.7 Å². The van der Waals surface area contributed by atoms with Crippen molar-refractivity contribution in [1.29, 1.82) is 0 Å². The zero-order valence-electron chi connectivity index (χ0n) is 24.8. The number of hydrogen-bond acceptors (Lipinski definition) is 6. The van der Waals surface area contributed by atoms with E-state index in [4.69, 9.17) is 18.6 Å². The van der Waals surface area contributed by atoms with Gasteiger partial charge in [0.15, 0.2) is 17.1 Å². The Morgan fingerprint density at radius 3 is 2.14 bits per heavy atom. The Bertz CT molecular complexity index is 1930. The van der Waals surface area contributed by atoms with Gasteiger partial charge >= 0.3 is 0 Å². The van der Waals surface area contributed by atoms with Crippen molar-refractivity contribution in [3.05, 3.63) is 123 Å². The third kappa shape index (κ3) is 5.73. The number of rotatable bonds is 8. The van der Waals surface area contributed by atoms with Gasteiger partial charge in [0.25, 0.3) is 0 Å². The third-order valence-corrected chi connectivity index (χ3v) is 7.45. The number of phenolic OH excluding ortho intramolecular Hbond substituents is 1. The summed E-state index contributed by atoms with van der Waals surface area (Å²) < 4.78 is 25.2. The molecule has 0 amide bonds. The normalized spacial score (nSPS) is 13.4. The summed E-state index contributed by atoms with van der Waals surface area (Å²) in [5.41, 5.74) is 3.91. The Hall–Kier alpha value is -4.97. The maximum atomic E-state index is 14.5. The lowest BCUT2D eigenvalue weighted by Gasteiger charge is -2.28. The summed E-state index contributed by atoms with van der Waals surface area (Å²) >= 11 is 0.